The first-order chi connectivity index (χ1) is 17.1. The molecule has 3 heterocycles. The second kappa shape index (κ2) is 9.88. The number of sulfonamides is 1. The zero-order valence-corrected chi connectivity index (χ0v) is 22.0. The van der Waals surface area contributed by atoms with E-state index in [1.54, 1.807) is 25.1 Å². The largest absolute Gasteiger partial charge is 0.481 e. The van der Waals surface area contributed by atoms with Gasteiger partial charge in [0, 0.05) is 6.07 Å². The van der Waals surface area contributed by atoms with E-state index in [0.29, 0.717) is 23.9 Å². The molecule has 4 rings (SSSR count). The van der Waals surface area contributed by atoms with E-state index in [2.05, 4.69) is 43.7 Å². The van der Waals surface area contributed by atoms with Gasteiger partial charge in [-0.15, -0.1) is 10.2 Å². The van der Waals surface area contributed by atoms with E-state index in [0.717, 1.165) is 12.8 Å². The Morgan fingerprint density at radius 1 is 1.08 bits per heavy atom. The third-order valence-electron chi connectivity index (χ3n) is 6.30. The smallest absolute Gasteiger partial charge is 0.245 e. The molecule has 3 aromatic rings. The van der Waals surface area contributed by atoms with E-state index in [1.807, 2.05) is 0 Å². The Balaban J connectivity index is 1.78. The van der Waals surface area contributed by atoms with Crippen molar-refractivity contribution in [3.8, 4) is 34.8 Å². The molecule has 0 amide bonds. The molecule has 1 aliphatic carbocycles. The van der Waals surface area contributed by atoms with Crippen LogP contribution in [0.5, 0.6) is 17.6 Å². The summed E-state index contributed by atoms with van der Waals surface area (Å²) in [5.74, 6) is 1.13. The van der Waals surface area contributed by atoms with Gasteiger partial charge in [-0.1, -0.05) is 19.9 Å². The Morgan fingerprint density at radius 2 is 1.75 bits per heavy atom. The lowest BCUT2D eigenvalue weighted by atomic mass is 9.63. The second-order valence-electron chi connectivity index (χ2n) is 9.62. The van der Waals surface area contributed by atoms with E-state index < -0.39 is 15.3 Å². The average Bonchev–Trinajstić information content (AvgIpc) is 3.24. The lowest BCUT2D eigenvalue weighted by molar-refractivity contribution is 0.0899. The van der Waals surface area contributed by atoms with E-state index in [4.69, 9.17) is 14.2 Å². The molecule has 0 bridgehead atoms. The SMILES string of the molecule is COc1cccc(-c2nnc(NS(=O)(=O)[C@H](C)CC3CC(C)(C)C3)n2-c2c(OC)ncnc2OC)n1. The third-order valence-corrected chi connectivity index (χ3v) is 8.02. The number of nitrogens with one attached hydrogen (secondary N) is 1. The number of rotatable bonds is 10. The Hall–Kier alpha value is -3.48. The Labute approximate surface area is 210 Å². The van der Waals surface area contributed by atoms with Gasteiger partial charge in [0.1, 0.15) is 12.0 Å². The van der Waals surface area contributed by atoms with Crippen LogP contribution in [-0.4, -0.2) is 64.7 Å². The Kier molecular flexibility index (Phi) is 7.03. The lowest BCUT2D eigenvalue weighted by Crippen LogP contribution is -2.36. The molecule has 0 unspecified atom stereocenters. The molecule has 36 heavy (non-hydrogen) atoms. The second-order valence-corrected chi connectivity index (χ2v) is 11.7. The molecule has 0 aliphatic heterocycles. The van der Waals surface area contributed by atoms with Crippen molar-refractivity contribution in [2.75, 3.05) is 26.1 Å². The quantitative estimate of drug-likeness (QED) is 0.426. The molecule has 0 saturated heterocycles. The molecular weight excluding hydrogens is 486 g/mol. The summed E-state index contributed by atoms with van der Waals surface area (Å²) in [6, 6.07) is 5.12. The maximum Gasteiger partial charge on any atom is 0.245 e. The van der Waals surface area contributed by atoms with Crippen molar-refractivity contribution in [1.29, 1.82) is 0 Å². The number of ether oxygens (including phenoxy) is 3. The van der Waals surface area contributed by atoms with Gasteiger partial charge in [-0.3, -0.25) is 4.72 Å². The number of hydrogen-bond acceptors (Lipinski definition) is 10. The van der Waals surface area contributed by atoms with Gasteiger partial charge in [-0.2, -0.15) is 9.97 Å². The standard InChI is InChI=1S/C23H31N7O5S/c1-14(10-15-11-23(2,3)12-15)36(31,32)29-22-28-27-19(16-8-7-9-17(26-16)33-4)30(22)18-20(34-5)24-13-25-21(18)35-6/h7-9,13-15H,10-12H2,1-6H3,(H,28,29)/t14-/m1/s1. The van der Waals surface area contributed by atoms with Gasteiger partial charge in [0.25, 0.3) is 0 Å². The van der Waals surface area contributed by atoms with Gasteiger partial charge < -0.3 is 14.2 Å². The summed E-state index contributed by atoms with van der Waals surface area (Å²) < 4.78 is 46.9. The van der Waals surface area contributed by atoms with Gasteiger partial charge in [0.15, 0.2) is 11.5 Å². The predicted octanol–water partition coefficient (Wildman–Crippen LogP) is 3.10. The predicted molar refractivity (Wildman–Crippen MR) is 133 cm³/mol. The molecule has 13 heteroatoms. The summed E-state index contributed by atoms with van der Waals surface area (Å²) in [7, 11) is 0.555. The van der Waals surface area contributed by atoms with Crippen molar-refractivity contribution in [2.24, 2.45) is 11.3 Å². The number of methoxy groups -OCH3 is 3. The summed E-state index contributed by atoms with van der Waals surface area (Å²) in [6.07, 6.45) is 3.84. The van der Waals surface area contributed by atoms with Crippen LogP contribution in [-0.2, 0) is 10.0 Å². The van der Waals surface area contributed by atoms with Crippen LogP contribution in [0.1, 0.15) is 40.0 Å². The van der Waals surface area contributed by atoms with E-state index >= 15 is 0 Å². The highest BCUT2D eigenvalue weighted by molar-refractivity contribution is 7.93. The molecule has 12 nitrogen and oxygen atoms in total. The maximum atomic E-state index is 13.4. The molecule has 1 N–H and O–H groups in total. The zero-order valence-electron chi connectivity index (χ0n) is 21.2. The lowest BCUT2D eigenvalue weighted by Gasteiger charge is -2.43. The number of pyridine rings is 1. The van der Waals surface area contributed by atoms with Gasteiger partial charge in [-0.05, 0) is 43.6 Å². The van der Waals surface area contributed by atoms with E-state index in [9.17, 15) is 8.42 Å². The fourth-order valence-electron chi connectivity index (χ4n) is 4.71. The van der Waals surface area contributed by atoms with E-state index in [1.165, 1.54) is 32.2 Å². The molecule has 0 spiro atoms. The molecule has 0 aromatic carbocycles. The van der Waals surface area contributed by atoms with Gasteiger partial charge in [0.05, 0.1) is 26.6 Å². The van der Waals surface area contributed by atoms with Crippen molar-refractivity contribution in [2.45, 2.75) is 45.3 Å². The Morgan fingerprint density at radius 3 is 2.33 bits per heavy atom. The molecule has 0 radical (unpaired) electrons. The topological polar surface area (TPSA) is 143 Å². The van der Waals surface area contributed by atoms with Gasteiger partial charge in [-0.25, -0.2) is 18.0 Å². The molecule has 1 saturated carbocycles. The number of anilines is 1. The van der Waals surface area contributed by atoms with E-state index in [-0.39, 0.29) is 34.6 Å². The first kappa shape index (κ1) is 25.6. The molecule has 1 aliphatic rings. The van der Waals surface area contributed by atoms with Crippen LogP contribution < -0.4 is 18.9 Å². The van der Waals surface area contributed by atoms with Crippen LogP contribution in [0.15, 0.2) is 24.5 Å². The van der Waals surface area contributed by atoms with Gasteiger partial charge >= 0.3 is 0 Å². The molecule has 194 valence electrons. The van der Waals surface area contributed by atoms with Crippen LogP contribution in [0.3, 0.4) is 0 Å². The minimum absolute atomic E-state index is 0.0678. The zero-order chi connectivity index (χ0) is 26.1. The highest BCUT2D eigenvalue weighted by atomic mass is 32.2. The van der Waals surface area contributed by atoms with Crippen molar-refractivity contribution >= 4 is 16.0 Å². The number of aromatic nitrogens is 6. The Bertz CT molecular complexity index is 1310. The average molecular weight is 518 g/mol. The minimum atomic E-state index is -3.81. The summed E-state index contributed by atoms with van der Waals surface area (Å²) in [5.41, 5.74) is 0.865. The van der Waals surface area contributed by atoms with Gasteiger partial charge in [0.2, 0.25) is 33.6 Å². The first-order valence-electron chi connectivity index (χ1n) is 11.5. The summed E-state index contributed by atoms with van der Waals surface area (Å²) >= 11 is 0. The highest BCUT2D eigenvalue weighted by Crippen LogP contribution is 2.47. The summed E-state index contributed by atoms with van der Waals surface area (Å²) in [6.45, 7) is 6.09. The number of hydrogen-bond donors (Lipinski definition) is 1. The summed E-state index contributed by atoms with van der Waals surface area (Å²) in [5, 5.41) is 7.75. The normalized spacial score (nSPS) is 16.2. The fourth-order valence-corrected chi connectivity index (χ4v) is 5.83. The van der Waals surface area contributed by atoms with Crippen molar-refractivity contribution in [1.82, 2.24) is 29.7 Å². The van der Waals surface area contributed by atoms with Crippen molar-refractivity contribution in [3.05, 3.63) is 24.5 Å². The van der Waals surface area contributed by atoms with Crippen LogP contribution in [0.25, 0.3) is 17.2 Å². The molecular formula is C23H31N7O5S. The molecule has 1 fully saturated rings. The van der Waals surface area contributed by atoms with Crippen molar-refractivity contribution in [3.63, 3.8) is 0 Å². The monoisotopic (exact) mass is 517 g/mol. The third kappa shape index (κ3) is 5.06. The van der Waals surface area contributed by atoms with Crippen LogP contribution in [0.4, 0.5) is 5.95 Å². The fraction of sp³-hybridized carbons (Fsp3) is 0.522. The van der Waals surface area contributed by atoms with Crippen LogP contribution in [0.2, 0.25) is 0 Å². The van der Waals surface area contributed by atoms with Crippen molar-refractivity contribution < 1.29 is 22.6 Å². The maximum absolute atomic E-state index is 13.4. The number of nitrogens with zero attached hydrogens (tertiary/aromatic N) is 6. The minimum Gasteiger partial charge on any atom is -0.481 e. The van der Waals surface area contributed by atoms with Crippen LogP contribution in [0, 0.1) is 11.3 Å². The first-order valence-corrected chi connectivity index (χ1v) is 13.0. The molecule has 3 aromatic heterocycles. The molecule has 1 atom stereocenters. The van der Waals surface area contributed by atoms with Crippen LogP contribution >= 0.6 is 0 Å². The highest BCUT2D eigenvalue weighted by Gasteiger charge is 2.39. The summed E-state index contributed by atoms with van der Waals surface area (Å²) in [4.78, 5) is 12.8.